The molecule has 0 bridgehead atoms. The number of rotatable bonds is 7. The third-order valence-electron chi connectivity index (χ3n) is 5.37. The van der Waals surface area contributed by atoms with Gasteiger partial charge in [-0.05, 0) is 56.1 Å². The molecule has 0 aliphatic carbocycles. The first-order valence-corrected chi connectivity index (χ1v) is 10.2. The molecule has 0 saturated carbocycles. The van der Waals surface area contributed by atoms with Gasteiger partial charge in [-0.2, -0.15) is 0 Å². The van der Waals surface area contributed by atoms with Crippen LogP contribution in [0.25, 0.3) is 0 Å². The van der Waals surface area contributed by atoms with Crippen LogP contribution in [0.1, 0.15) is 42.2 Å². The summed E-state index contributed by atoms with van der Waals surface area (Å²) in [5.41, 5.74) is 1.02. The summed E-state index contributed by atoms with van der Waals surface area (Å²) >= 11 is 6.01. The molecule has 1 aromatic heterocycles. The van der Waals surface area contributed by atoms with Gasteiger partial charge in [0, 0.05) is 31.7 Å². The van der Waals surface area contributed by atoms with Crippen LogP contribution in [-0.2, 0) is 6.42 Å². The lowest BCUT2D eigenvalue weighted by atomic mass is 10.0. The van der Waals surface area contributed by atoms with E-state index < -0.39 is 5.82 Å². The number of piperidine rings is 1. The second kappa shape index (κ2) is 9.48. The van der Waals surface area contributed by atoms with E-state index in [1.165, 1.54) is 18.6 Å². The van der Waals surface area contributed by atoms with Crippen molar-refractivity contribution in [3.63, 3.8) is 0 Å². The number of hydrogen-bond acceptors (Lipinski definition) is 4. The predicted molar refractivity (Wildman–Crippen MR) is 112 cm³/mol. The molecule has 1 aliphatic heterocycles. The van der Waals surface area contributed by atoms with Crippen molar-refractivity contribution in [3.05, 3.63) is 58.5 Å². The fourth-order valence-corrected chi connectivity index (χ4v) is 4.04. The van der Waals surface area contributed by atoms with Crippen molar-refractivity contribution >= 4 is 23.2 Å². The van der Waals surface area contributed by atoms with Crippen LogP contribution in [0.4, 0.5) is 10.2 Å². The van der Waals surface area contributed by atoms with E-state index in [0.29, 0.717) is 17.3 Å². The summed E-state index contributed by atoms with van der Waals surface area (Å²) in [6, 6.07) is 10.1. The molecule has 2 heterocycles. The Labute approximate surface area is 171 Å². The van der Waals surface area contributed by atoms with Gasteiger partial charge in [0.1, 0.15) is 11.6 Å². The first kappa shape index (κ1) is 20.7. The molecule has 1 aliphatic rings. The summed E-state index contributed by atoms with van der Waals surface area (Å²) < 4.78 is 13.2. The molecule has 2 aromatic rings. The molecule has 0 N–H and O–H groups in total. The zero-order chi connectivity index (χ0) is 20.1. The Morgan fingerprint density at radius 3 is 2.71 bits per heavy atom. The lowest BCUT2D eigenvalue weighted by molar-refractivity contribution is 0.0992. The molecule has 28 heavy (non-hydrogen) atoms. The van der Waals surface area contributed by atoms with Gasteiger partial charge in [-0.25, -0.2) is 9.37 Å². The number of hydrogen-bond donors (Lipinski definition) is 0. The highest BCUT2D eigenvalue weighted by molar-refractivity contribution is 6.34. The summed E-state index contributed by atoms with van der Waals surface area (Å²) in [7, 11) is 2.07. The maximum absolute atomic E-state index is 13.2. The molecule has 150 valence electrons. The highest BCUT2D eigenvalue weighted by Gasteiger charge is 2.23. The first-order valence-electron chi connectivity index (χ1n) is 9.87. The number of anilines is 1. The van der Waals surface area contributed by atoms with Crippen LogP contribution in [0.15, 0.2) is 36.4 Å². The minimum absolute atomic E-state index is 0.136. The molecule has 1 saturated heterocycles. The van der Waals surface area contributed by atoms with E-state index in [2.05, 4.69) is 23.8 Å². The Kier molecular flexibility index (Phi) is 7.03. The molecular formula is C22H27ClFN3O. The highest BCUT2D eigenvalue weighted by atomic mass is 35.5. The van der Waals surface area contributed by atoms with Crippen molar-refractivity contribution in [1.82, 2.24) is 9.88 Å². The molecule has 3 rings (SSSR count). The Hall–Kier alpha value is -1.98. The van der Waals surface area contributed by atoms with Gasteiger partial charge in [-0.15, -0.1) is 0 Å². The van der Waals surface area contributed by atoms with Gasteiger partial charge in [-0.1, -0.05) is 24.6 Å². The number of pyridine rings is 1. The van der Waals surface area contributed by atoms with Crippen molar-refractivity contribution in [2.75, 3.05) is 31.6 Å². The summed E-state index contributed by atoms with van der Waals surface area (Å²) in [6.45, 7) is 5.61. The van der Waals surface area contributed by atoms with Gasteiger partial charge >= 0.3 is 0 Å². The average Bonchev–Trinajstić information content (AvgIpc) is 2.68. The first-order chi connectivity index (χ1) is 13.5. The Bertz CT molecular complexity index is 821. The standard InChI is InChI=1S/C22H27ClFN3O/c1-3-11-27-12-9-18(10-13-27)26(2)22-6-4-5-17(25-22)15-21(28)19-8-7-16(24)14-20(19)23/h4-8,14,18H,3,9-13,15H2,1-2H3. The van der Waals surface area contributed by atoms with Crippen molar-refractivity contribution < 1.29 is 9.18 Å². The smallest absolute Gasteiger partial charge is 0.170 e. The molecule has 0 unspecified atom stereocenters. The van der Waals surface area contributed by atoms with Crippen LogP contribution in [0.2, 0.25) is 5.02 Å². The molecule has 1 aromatic carbocycles. The largest absolute Gasteiger partial charge is 0.357 e. The number of halogens is 2. The zero-order valence-electron chi connectivity index (χ0n) is 16.5. The number of nitrogens with zero attached hydrogens (tertiary/aromatic N) is 3. The van der Waals surface area contributed by atoms with E-state index in [0.717, 1.165) is 44.4 Å². The van der Waals surface area contributed by atoms with Gasteiger partial charge in [0.25, 0.3) is 0 Å². The Morgan fingerprint density at radius 2 is 2.04 bits per heavy atom. The zero-order valence-corrected chi connectivity index (χ0v) is 17.3. The second-order valence-electron chi connectivity index (χ2n) is 7.39. The molecule has 0 atom stereocenters. The number of carbonyl (C=O) groups excluding carboxylic acids is 1. The van der Waals surface area contributed by atoms with Crippen molar-refractivity contribution in [2.24, 2.45) is 0 Å². The summed E-state index contributed by atoms with van der Waals surface area (Å²) in [4.78, 5) is 22.0. The van der Waals surface area contributed by atoms with Crippen LogP contribution in [0, 0.1) is 5.82 Å². The summed E-state index contributed by atoms with van der Waals surface area (Å²) in [5, 5.41) is 0.136. The topological polar surface area (TPSA) is 36.4 Å². The van der Waals surface area contributed by atoms with E-state index in [-0.39, 0.29) is 17.2 Å². The molecule has 0 spiro atoms. The maximum Gasteiger partial charge on any atom is 0.170 e. The van der Waals surface area contributed by atoms with Crippen LogP contribution in [-0.4, -0.2) is 48.4 Å². The van der Waals surface area contributed by atoms with Crippen molar-refractivity contribution in [2.45, 2.75) is 38.6 Å². The molecule has 6 heteroatoms. The normalized spacial score (nSPS) is 15.6. The molecular weight excluding hydrogens is 377 g/mol. The van der Waals surface area contributed by atoms with Gasteiger partial charge in [0.05, 0.1) is 17.1 Å². The minimum Gasteiger partial charge on any atom is -0.357 e. The van der Waals surface area contributed by atoms with E-state index in [4.69, 9.17) is 16.6 Å². The highest BCUT2D eigenvalue weighted by Crippen LogP contribution is 2.22. The number of benzene rings is 1. The van der Waals surface area contributed by atoms with Crippen molar-refractivity contribution in [1.29, 1.82) is 0 Å². The van der Waals surface area contributed by atoms with E-state index in [1.807, 2.05) is 18.2 Å². The molecule has 4 nitrogen and oxygen atoms in total. The minimum atomic E-state index is -0.451. The maximum atomic E-state index is 13.2. The fourth-order valence-electron chi connectivity index (χ4n) is 3.77. The van der Waals surface area contributed by atoms with Crippen LogP contribution >= 0.6 is 11.6 Å². The average molecular weight is 404 g/mol. The Balaban J connectivity index is 1.66. The number of Topliss-reactive ketones (excluding diaryl/α,β-unsaturated/α-hetero) is 1. The van der Waals surface area contributed by atoms with Crippen molar-refractivity contribution in [3.8, 4) is 0 Å². The third-order valence-corrected chi connectivity index (χ3v) is 5.68. The number of aromatic nitrogens is 1. The third kappa shape index (κ3) is 5.09. The number of carbonyl (C=O) groups is 1. The van der Waals surface area contributed by atoms with Gasteiger partial charge in [-0.3, -0.25) is 4.79 Å². The molecule has 1 fully saturated rings. The Morgan fingerprint density at radius 1 is 1.29 bits per heavy atom. The lowest BCUT2D eigenvalue weighted by Gasteiger charge is -2.37. The van der Waals surface area contributed by atoms with E-state index in [1.54, 1.807) is 0 Å². The van der Waals surface area contributed by atoms with E-state index in [9.17, 15) is 9.18 Å². The van der Waals surface area contributed by atoms with Gasteiger partial charge in [0.15, 0.2) is 5.78 Å². The molecule has 0 amide bonds. The predicted octanol–water partition coefficient (Wildman–Crippen LogP) is 4.61. The quantitative estimate of drug-likeness (QED) is 0.632. The monoisotopic (exact) mass is 403 g/mol. The van der Waals surface area contributed by atoms with Crippen LogP contribution in [0.3, 0.4) is 0 Å². The van der Waals surface area contributed by atoms with Crippen LogP contribution < -0.4 is 4.90 Å². The SMILES string of the molecule is CCCN1CCC(N(C)c2cccc(CC(=O)c3ccc(F)cc3Cl)n2)CC1. The fraction of sp³-hybridized carbons (Fsp3) is 0.455. The second-order valence-corrected chi connectivity index (χ2v) is 7.80. The lowest BCUT2D eigenvalue weighted by Crippen LogP contribution is -2.43. The summed E-state index contributed by atoms with van der Waals surface area (Å²) in [6.07, 6.45) is 3.57. The van der Waals surface area contributed by atoms with Gasteiger partial charge in [0.2, 0.25) is 0 Å². The molecule has 0 radical (unpaired) electrons. The summed E-state index contributed by atoms with van der Waals surface area (Å²) in [5.74, 6) is 0.267. The number of likely N-dealkylation sites (tertiary alicyclic amines) is 1. The van der Waals surface area contributed by atoms with E-state index >= 15 is 0 Å². The van der Waals surface area contributed by atoms with Crippen LogP contribution in [0.5, 0.6) is 0 Å². The number of ketones is 1. The van der Waals surface area contributed by atoms with Gasteiger partial charge < -0.3 is 9.80 Å².